The SMILES string of the molecule is CCC(=O)N(c1ccccc1)C1(COC)CCN(CCCc2ccccc2)CC1. The van der Waals surface area contributed by atoms with Gasteiger partial charge in [0.25, 0.3) is 0 Å². The highest BCUT2D eigenvalue weighted by atomic mass is 16.5. The molecule has 2 aromatic carbocycles. The molecule has 4 heteroatoms. The summed E-state index contributed by atoms with van der Waals surface area (Å²) in [5.74, 6) is 0.172. The Labute approximate surface area is 175 Å². The number of amides is 1. The number of anilines is 1. The maximum atomic E-state index is 13.0. The second-order valence-corrected chi connectivity index (χ2v) is 8.01. The molecule has 0 aliphatic carbocycles. The van der Waals surface area contributed by atoms with Gasteiger partial charge in [-0.15, -0.1) is 0 Å². The van der Waals surface area contributed by atoms with E-state index in [9.17, 15) is 4.79 Å². The standard InChI is InChI=1S/C25H34N2O2/c1-3-24(28)27(23-14-8-5-9-15-23)25(21-29-2)16-19-26(20-17-25)18-10-13-22-11-6-4-7-12-22/h4-9,11-12,14-15H,3,10,13,16-21H2,1-2H3. The van der Waals surface area contributed by atoms with E-state index in [0.29, 0.717) is 13.0 Å². The number of carbonyl (C=O) groups is 1. The highest BCUT2D eigenvalue weighted by molar-refractivity contribution is 5.94. The summed E-state index contributed by atoms with van der Waals surface area (Å²) in [5.41, 5.74) is 2.12. The Morgan fingerprint density at radius 2 is 1.66 bits per heavy atom. The molecule has 156 valence electrons. The number of benzene rings is 2. The lowest BCUT2D eigenvalue weighted by Crippen LogP contribution is -2.60. The van der Waals surface area contributed by atoms with Crippen LogP contribution in [0.4, 0.5) is 5.69 Å². The Morgan fingerprint density at radius 1 is 1.03 bits per heavy atom. The summed E-state index contributed by atoms with van der Waals surface area (Å²) in [5, 5.41) is 0. The van der Waals surface area contributed by atoms with Crippen molar-refractivity contribution in [2.45, 2.75) is 44.6 Å². The number of methoxy groups -OCH3 is 1. The molecule has 1 saturated heterocycles. The number of para-hydroxylation sites is 1. The van der Waals surface area contributed by atoms with E-state index in [1.807, 2.05) is 42.2 Å². The summed E-state index contributed by atoms with van der Waals surface area (Å²) in [6.07, 6.45) is 4.66. The minimum absolute atomic E-state index is 0.172. The first-order chi connectivity index (χ1) is 14.2. The number of hydrogen-bond acceptors (Lipinski definition) is 3. The fourth-order valence-corrected chi connectivity index (χ4v) is 4.46. The van der Waals surface area contributed by atoms with Crippen LogP contribution < -0.4 is 4.90 Å². The first-order valence-electron chi connectivity index (χ1n) is 10.8. The van der Waals surface area contributed by atoms with Gasteiger partial charge in [-0.05, 0) is 49.9 Å². The van der Waals surface area contributed by atoms with E-state index in [-0.39, 0.29) is 11.4 Å². The van der Waals surface area contributed by atoms with Crippen molar-refractivity contribution >= 4 is 11.6 Å². The topological polar surface area (TPSA) is 32.8 Å². The van der Waals surface area contributed by atoms with Crippen LogP contribution in [0.1, 0.15) is 38.2 Å². The lowest BCUT2D eigenvalue weighted by atomic mass is 9.85. The Hall–Kier alpha value is -2.17. The molecule has 0 atom stereocenters. The predicted molar refractivity (Wildman–Crippen MR) is 119 cm³/mol. The zero-order chi connectivity index (χ0) is 20.5. The number of hydrogen-bond donors (Lipinski definition) is 0. The van der Waals surface area contributed by atoms with Crippen molar-refractivity contribution in [2.24, 2.45) is 0 Å². The molecule has 0 unspecified atom stereocenters. The van der Waals surface area contributed by atoms with Gasteiger partial charge in [0, 0.05) is 32.3 Å². The molecule has 1 heterocycles. The number of carbonyl (C=O) groups excluding carboxylic acids is 1. The number of aryl methyl sites for hydroxylation is 1. The van der Waals surface area contributed by atoms with Crippen LogP contribution in [0.5, 0.6) is 0 Å². The fourth-order valence-electron chi connectivity index (χ4n) is 4.46. The van der Waals surface area contributed by atoms with E-state index < -0.39 is 0 Å². The van der Waals surface area contributed by atoms with Crippen LogP contribution in [0.15, 0.2) is 60.7 Å². The van der Waals surface area contributed by atoms with Gasteiger partial charge in [0.1, 0.15) is 0 Å². The third-order valence-corrected chi connectivity index (χ3v) is 6.02. The largest absolute Gasteiger partial charge is 0.382 e. The average Bonchev–Trinajstić information content (AvgIpc) is 2.77. The minimum Gasteiger partial charge on any atom is -0.382 e. The van der Waals surface area contributed by atoms with Crippen molar-refractivity contribution in [1.29, 1.82) is 0 Å². The van der Waals surface area contributed by atoms with E-state index >= 15 is 0 Å². The van der Waals surface area contributed by atoms with Crippen LogP contribution in [0.2, 0.25) is 0 Å². The fraction of sp³-hybridized carbons (Fsp3) is 0.480. The zero-order valence-corrected chi connectivity index (χ0v) is 17.8. The summed E-state index contributed by atoms with van der Waals surface area (Å²) in [6, 6.07) is 20.8. The molecule has 1 aliphatic heterocycles. The number of ether oxygens (including phenoxy) is 1. The van der Waals surface area contributed by atoms with Crippen LogP contribution in [0.25, 0.3) is 0 Å². The van der Waals surface area contributed by atoms with Gasteiger partial charge in [-0.3, -0.25) is 4.79 Å². The van der Waals surface area contributed by atoms with Crippen molar-refractivity contribution in [3.63, 3.8) is 0 Å². The number of rotatable bonds is 9. The molecule has 0 spiro atoms. The molecule has 0 saturated carbocycles. The highest BCUT2D eigenvalue weighted by Gasteiger charge is 2.42. The van der Waals surface area contributed by atoms with E-state index in [4.69, 9.17) is 4.74 Å². The highest BCUT2D eigenvalue weighted by Crippen LogP contribution is 2.34. The molecular formula is C25H34N2O2. The van der Waals surface area contributed by atoms with Crippen molar-refractivity contribution in [3.05, 3.63) is 66.2 Å². The molecule has 0 N–H and O–H groups in total. The monoisotopic (exact) mass is 394 g/mol. The Balaban J connectivity index is 1.65. The van der Waals surface area contributed by atoms with Crippen LogP contribution >= 0.6 is 0 Å². The molecule has 4 nitrogen and oxygen atoms in total. The molecule has 1 amide bonds. The summed E-state index contributed by atoms with van der Waals surface area (Å²) >= 11 is 0. The summed E-state index contributed by atoms with van der Waals surface area (Å²) in [6.45, 7) is 5.62. The molecule has 0 aromatic heterocycles. The van der Waals surface area contributed by atoms with Gasteiger partial charge in [0.15, 0.2) is 0 Å². The van der Waals surface area contributed by atoms with Gasteiger partial charge < -0.3 is 14.5 Å². The first kappa shape index (κ1) is 21.5. The molecule has 0 radical (unpaired) electrons. The smallest absolute Gasteiger partial charge is 0.227 e. The molecule has 0 bridgehead atoms. The van der Waals surface area contributed by atoms with Gasteiger partial charge in [0.2, 0.25) is 5.91 Å². The molecule has 1 fully saturated rings. The maximum Gasteiger partial charge on any atom is 0.227 e. The third-order valence-electron chi connectivity index (χ3n) is 6.02. The van der Waals surface area contributed by atoms with E-state index in [1.54, 1.807) is 7.11 Å². The minimum atomic E-state index is -0.265. The molecule has 2 aromatic rings. The van der Waals surface area contributed by atoms with Crippen molar-refractivity contribution < 1.29 is 9.53 Å². The Kier molecular flexibility index (Phi) is 7.84. The maximum absolute atomic E-state index is 13.0. The second-order valence-electron chi connectivity index (χ2n) is 8.01. The summed E-state index contributed by atoms with van der Waals surface area (Å²) in [7, 11) is 1.74. The number of piperidine rings is 1. The molecule has 1 aliphatic rings. The quantitative estimate of drug-likeness (QED) is 0.626. The molecule has 3 rings (SSSR count). The predicted octanol–water partition coefficient (Wildman–Crippen LogP) is 4.54. The third kappa shape index (κ3) is 5.46. The van der Waals surface area contributed by atoms with Crippen LogP contribution in [0, 0.1) is 0 Å². The van der Waals surface area contributed by atoms with Crippen molar-refractivity contribution in [3.8, 4) is 0 Å². The lowest BCUT2D eigenvalue weighted by Gasteiger charge is -2.48. The lowest BCUT2D eigenvalue weighted by molar-refractivity contribution is -0.120. The van der Waals surface area contributed by atoms with E-state index in [2.05, 4.69) is 35.2 Å². The van der Waals surface area contributed by atoms with Gasteiger partial charge in [-0.2, -0.15) is 0 Å². The van der Waals surface area contributed by atoms with Crippen LogP contribution in [-0.2, 0) is 16.0 Å². The van der Waals surface area contributed by atoms with Crippen molar-refractivity contribution in [2.75, 3.05) is 38.3 Å². The van der Waals surface area contributed by atoms with E-state index in [0.717, 1.165) is 51.0 Å². The zero-order valence-electron chi connectivity index (χ0n) is 17.8. The Bertz CT molecular complexity index is 740. The normalized spacial score (nSPS) is 16.5. The van der Waals surface area contributed by atoms with Crippen LogP contribution in [0.3, 0.4) is 0 Å². The first-order valence-corrected chi connectivity index (χ1v) is 10.8. The van der Waals surface area contributed by atoms with Crippen molar-refractivity contribution in [1.82, 2.24) is 4.90 Å². The Morgan fingerprint density at radius 3 is 2.24 bits per heavy atom. The van der Waals surface area contributed by atoms with Crippen LogP contribution in [-0.4, -0.2) is 49.7 Å². The molecular weight excluding hydrogens is 360 g/mol. The van der Waals surface area contributed by atoms with Gasteiger partial charge in [0.05, 0.1) is 12.1 Å². The van der Waals surface area contributed by atoms with E-state index in [1.165, 1.54) is 5.56 Å². The van der Waals surface area contributed by atoms with Gasteiger partial charge in [-0.25, -0.2) is 0 Å². The average molecular weight is 395 g/mol. The summed E-state index contributed by atoms with van der Waals surface area (Å²) in [4.78, 5) is 17.5. The second kappa shape index (κ2) is 10.6. The van der Waals surface area contributed by atoms with Gasteiger partial charge >= 0.3 is 0 Å². The number of nitrogens with zero attached hydrogens (tertiary/aromatic N) is 2. The van der Waals surface area contributed by atoms with Gasteiger partial charge in [-0.1, -0.05) is 55.5 Å². The molecule has 29 heavy (non-hydrogen) atoms. The summed E-state index contributed by atoms with van der Waals surface area (Å²) < 4.78 is 5.64. The number of likely N-dealkylation sites (tertiary alicyclic amines) is 1.